The number of H-pyrrole nitrogens is 1. The molecule has 0 unspecified atom stereocenters. The molecule has 0 aliphatic carbocycles. The van der Waals surface area contributed by atoms with Gasteiger partial charge in [0, 0.05) is 5.56 Å². The zero-order valence-corrected chi connectivity index (χ0v) is 11.9. The Labute approximate surface area is 121 Å². The number of hydrogen-bond donors (Lipinski definition) is 1. The third-order valence-electron chi connectivity index (χ3n) is 3.74. The van der Waals surface area contributed by atoms with Gasteiger partial charge >= 0.3 is 0 Å². The molecule has 0 aliphatic heterocycles. The third kappa shape index (κ3) is 1.96. The predicted octanol–water partition coefficient (Wildman–Crippen LogP) is 3.79. The van der Waals surface area contributed by atoms with E-state index in [-0.39, 0.29) is 0 Å². The molecule has 0 aliphatic rings. The Bertz CT molecular complexity index is 936. The van der Waals surface area contributed by atoms with Crippen LogP contribution in [-0.4, -0.2) is 19.9 Å². The van der Waals surface area contributed by atoms with E-state index in [1.54, 1.807) is 0 Å². The Morgan fingerprint density at radius 2 is 1.52 bits per heavy atom. The van der Waals surface area contributed by atoms with Crippen molar-refractivity contribution in [3.05, 3.63) is 53.9 Å². The molecule has 2 aromatic heterocycles. The first kappa shape index (κ1) is 12.0. The van der Waals surface area contributed by atoms with E-state index < -0.39 is 0 Å². The lowest BCUT2D eigenvalue weighted by Crippen LogP contribution is -1.93. The first-order valence-electron chi connectivity index (χ1n) is 6.91. The Hall–Kier alpha value is -2.75. The minimum Gasteiger partial charge on any atom is -0.338 e. The summed E-state index contributed by atoms with van der Waals surface area (Å²) in [5.41, 5.74) is 6.78. The van der Waals surface area contributed by atoms with E-state index in [0.29, 0.717) is 0 Å². The number of hydrogen-bond acceptors (Lipinski definition) is 3. The molecule has 4 rings (SSSR count). The third-order valence-corrected chi connectivity index (χ3v) is 3.74. The van der Waals surface area contributed by atoms with Crippen LogP contribution in [0.5, 0.6) is 0 Å². The standard InChI is InChI=1S/C17H14N4/c1-10-11(2)19-16-9-12(7-8-15(16)18-10)17-20-13-5-3-4-6-14(13)21-17/h3-9H,1-2H3,(H,20,21). The lowest BCUT2D eigenvalue weighted by Gasteiger charge is -2.03. The molecule has 0 saturated carbocycles. The maximum absolute atomic E-state index is 4.63. The van der Waals surface area contributed by atoms with Crippen molar-refractivity contribution in [2.24, 2.45) is 0 Å². The second-order valence-corrected chi connectivity index (χ2v) is 5.20. The molecular formula is C17H14N4. The number of aromatic nitrogens is 4. The highest BCUT2D eigenvalue weighted by Crippen LogP contribution is 2.23. The van der Waals surface area contributed by atoms with Gasteiger partial charge < -0.3 is 4.98 Å². The normalized spacial score (nSPS) is 11.3. The van der Waals surface area contributed by atoms with Crippen LogP contribution < -0.4 is 0 Å². The van der Waals surface area contributed by atoms with Gasteiger partial charge in [0.15, 0.2) is 0 Å². The van der Waals surface area contributed by atoms with E-state index >= 15 is 0 Å². The van der Waals surface area contributed by atoms with Crippen LogP contribution in [0.15, 0.2) is 42.5 Å². The van der Waals surface area contributed by atoms with Crippen LogP contribution in [0.2, 0.25) is 0 Å². The molecule has 21 heavy (non-hydrogen) atoms. The number of benzene rings is 2. The van der Waals surface area contributed by atoms with E-state index in [2.05, 4.69) is 19.9 Å². The fourth-order valence-electron chi connectivity index (χ4n) is 2.47. The van der Waals surface area contributed by atoms with E-state index in [4.69, 9.17) is 0 Å². The molecule has 0 spiro atoms. The Kier molecular flexibility index (Phi) is 2.51. The molecule has 2 heterocycles. The Balaban J connectivity index is 1.91. The maximum atomic E-state index is 4.63. The molecule has 0 saturated heterocycles. The van der Waals surface area contributed by atoms with E-state index in [9.17, 15) is 0 Å². The summed E-state index contributed by atoms with van der Waals surface area (Å²) < 4.78 is 0. The summed E-state index contributed by atoms with van der Waals surface area (Å²) in [6.45, 7) is 3.96. The number of aryl methyl sites for hydroxylation is 2. The van der Waals surface area contributed by atoms with Crippen molar-refractivity contribution in [3.63, 3.8) is 0 Å². The molecule has 0 bridgehead atoms. The highest BCUT2D eigenvalue weighted by Gasteiger charge is 2.07. The van der Waals surface area contributed by atoms with Gasteiger partial charge in [-0.15, -0.1) is 0 Å². The average molecular weight is 274 g/mol. The van der Waals surface area contributed by atoms with Gasteiger partial charge in [-0.1, -0.05) is 12.1 Å². The number of nitrogens with one attached hydrogen (secondary N) is 1. The lowest BCUT2D eigenvalue weighted by molar-refractivity contribution is 1.10. The first-order valence-corrected chi connectivity index (χ1v) is 6.91. The fraction of sp³-hybridized carbons (Fsp3) is 0.118. The predicted molar refractivity (Wildman–Crippen MR) is 84.1 cm³/mol. The molecule has 4 aromatic rings. The van der Waals surface area contributed by atoms with Crippen LogP contribution in [0.3, 0.4) is 0 Å². The quantitative estimate of drug-likeness (QED) is 0.574. The highest BCUT2D eigenvalue weighted by atomic mass is 14.9. The molecule has 4 nitrogen and oxygen atoms in total. The van der Waals surface area contributed by atoms with Crippen LogP contribution in [-0.2, 0) is 0 Å². The molecule has 4 heteroatoms. The molecule has 0 atom stereocenters. The fourth-order valence-corrected chi connectivity index (χ4v) is 2.47. The van der Waals surface area contributed by atoms with Crippen molar-refractivity contribution in [1.82, 2.24) is 19.9 Å². The summed E-state index contributed by atoms with van der Waals surface area (Å²) in [5, 5.41) is 0. The summed E-state index contributed by atoms with van der Waals surface area (Å²) >= 11 is 0. The van der Waals surface area contributed by atoms with E-state index in [0.717, 1.165) is 44.8 Å². The Morgan fingerprint density at radius 1 is 0.762 bits per heavy atom. The summed E-state index contributed by atoms with van der Waals surface area (Å²) in [6.07, 6.45) is 0. The van der Waals surface area contributed by atoms with Crippen molar-refractivity contribution in [2.75, 3.05) is 0 Å². The van der Waals surface area contributed by atoms with E-state index in [1.807, 2.05) is 56.3 Å². The smallest absolute Gasteiger partial charge is 0.138 e. The molecule has 1 N–H and O–H groups in total. The number of imidazole rings is 1. The van der Waals surface area contributed by atoms with Crippen LogP contribution in [0, 0.1) is 13.8 Å². The van der Waals surface area contributed by atoms with Gasteiger partial charge in [-0.05, 0) is 44.2 Å². The van der Waals surface area contributed by atoms with Crippen LogP contribution in [0.1, 0.15) is 11.4 Å². The summed E-state index contributed by atoms with van der Waals surface area (Å²) in [5.74, 6) is 0.859. The Morgan fingerprint density at radius 3 is 2.33 bits per heavy atom. The van der Waals surface area contributed by atoms with Gasteiger partial charge in [-0.25, -0.2) is 15.0 Å². The summed E-state index contributed by atoms with van der Waals surface area (Å²) in [6, 6.07) is 14.1. The van der Waals surface area contributed by atoms with Crippen LogP contribution >= 0.6 is 0 Å². The van der Waals surface area contributed by atoms with Gasteiger partial charge in [0.05, 0.1) is 33.5 Å². The summed E-state index contributed by atoms with van der Waals surface area (Å²) in [7, 11) is 0. The molecule has 0 amide bonds. The summed E-state index contributed by atoms with van der Waals surface area (Å²) in [4.78, 5) is 17.1. The molecule has 0 radical (unpaired) electrons. The second kappa shape index (κ2) is 4.38. The van der Waals surface area contributed by atoms with Crippen molar-refractivity contribution >= 4 is 22.1 Å². The zero-order chi connectivity index (χ0) is 14.4. The van der Waals surface area contributed by atoms with Crippen LogP contribution in [0.4, 0.5) is 0 Å². The second-order valence-electron chi connectivity index (χ2n) is 5.20. The molecule has 2 aromatic carbocycles. The van der Waals surface area contributed by atoms with Gasteiger partial charge in [-0.3, -0.25) is 0 Å². The minimum atomic E-state index is 0.859. The lowest BCUT2D eigenvalue weighted by atomic mass is 10.1. The monoisotopic (exact) mass is 274 g/mol. The highest BCUT2D eigenvalue weighted by molar-refractivity contribution is 5.83. The van der Waals surface area contributed by atoms with Gasteiger partial charge in [0.1, 0.15) is 5.82 Å². The number of rotatable bonds is 1. The minimum absolute atomic E-state index is 0.859. The number of nitrogens with zero attached hydrogens (tertiary/aromatic N) is 3. The molecule has 0 fully saturated rings. The number of aromatic amines is 1. The number of fused-ring (bicyclic) bond motifs is 2. The van der Waals surface area contributed by atoms with Crippen molar-refractivity contribution in [1.29, 1.82) is 0 Å². The average Bonchev–Trinajstić information content (AvgIpc) is 2.92. The van der Waals surface area contributed by atoms with E-state index in [1.165, 1.54) is 0 Å². The number of para-hydroxylation sites is 2. The maximum Gasteiger partial charge on any atom is 0.138 e. The largest absolute Gasteiger partial charge is 0.338 e. The van der Waals surface area contributed by atoms with Crippen LogP contribution in [0.25, 0.3) is 33.5 Å². The van der Waals surface area contributed by atoms with Gasteiger partial charge in [0.25, 0.3) is 0 Å². The van der Waals surface area contributed by atoms with Crippen molar-refractivity contribution < 1.29 is 0 Å². The topological polar surface area (TPSA) is 54.5 Å². The first-order chi connectivity index (χ1) is 10.2. The van der Waals surface area contributed by atoms with Crippen molar-refractivity contribution in [3.8, 4) is 11.4 Å². The van der Waals surface area contributed by atoms with Crippen molar-refractivity contribution in [2.45, 2.75) is 13.8 Å². The van der Waals surface area contributed by atoms with Gasteiger partial charge in [-0.2, -0.15) is 0 Å². The van der Waals surface area contributed by atoms with Gasteiger partial charge in [0.2, 0.25) is 0 Å². The molecule has 102 valence electrons. The SMILES string of the molecule is Cc1nc2ccc(-c3nc4ccccc4[nH]3)cc2nc1C. The molecular weight excluding hydrogens is 260 g/mol. The zero-order valence-electron chi connectivity index (χ0n) is 11.9.